The van der Waals surface area contributed by atoms with E-state index in [4.69, 9.17) is 9.84 Å². The predicted octanol–water partition coefficient (Wildman–Crippen LogP) is 4.80. The summed E-state index contributed by atoms with van der Waals surface area (Å²) in [7, 11) is 0. The van der Waals surface area contributed by atoms with E-state index in [0.717, 1.165) is 55.5 Å². The third kappa shape index (κ3) is 5.09. The smallest absolute Gasteiger partial charge is 0.273 e. The fourth-order valence-corrected chi connectivity index (χ4v) is 5.38. The van der Waals surface area contributed by atoms with E-state index in [1.165, 1.54) is 12.8 Å². The Labute approximate surface area is 208 Å². The number of rotatable bonds is 7. The topological polar surface area (TPSA) is 76.5 Å². The Kier molecular flexibility index (Phi) is 6.60. The SMILES string of the molecule is CC(C)Oc1ccc(CN2C(=O)c3cc(C4CC4)nn3C[C@@]2(C)C(=O)NC2CCCCCC2)cc1. The first kappa shape index (κ1) is 23.9. The van der Waals surface area contributed by atoms with Crippen LogP contribution in [-0.4, -0.2) is 44.2 Å². The zero-order valence-corrected chi connectivity index (χ0v) is 21.3. The fourth-order valence-electron chi connectivity index (χ4n) is 5.38. The number of aromatic nitrogens is 2. The van der Waals surface area contributed by atoms with Crippen molar-refractivity contribution in [2.75, 3.05) is 0 Å². The summed E-state index contributed by atoms with van der Waals surface area (Å²) in [6, 6.07) is 9.94. The molecule has 1 atom stereocenters. The van der Waals surface area contributed by atoms with Crippen molar-refractivity contribution in [2.24, 2.45) is 0 Å². The van der Waals surface area contributed by atoms with Crippen molar-refractivity contribution in [3.8, 4) is 5.75 Å². The third-order valence-corrected chi connectivity index (χ3v) is 7.63. The fraction of sp³-hybridized carbons (Fsp3) is 0.607. The lowest BCUT2D eigenvalue weighted by molar-refractivity contribution is -0.134. The molecule has 0 radical (unpaired) electrons. The first-order valence-electron chi connectivity index (χ1n) is 13.3. The average molecular weight is 479 g/mol. The molecular weight excluding hydrogens is 440 g/mol. The predicted molar refractivity (Wildman–Crippen MR) is 134 cm³/mol. The molecule has 2 aromatic rings. The number of benzene rings is 1. The maximum Gasteiger partial charge on any atom is 0.273 e. The Balaban J connectivity index is 1.42. The van der Waals surface area contributed by atoms with Crippen LogP contribution in [0.5, 0.6) is 5.75 Å². The molecule has 3 aliphatic rings. The molecule has 188 valence electrons. The molecule has 2 saturated carbocycles. The standard InChI is InChI=1S/C28H38N4O3/c1-19(2)35-23-14-10-20(11-15-23)17-31-26(33)25-16-24(21-12-13-21)30-32(25)18-28(31,3)27(34)29-22-8-6-4-5-7-9-22/h10-11,14-16,19,21-22H,4-9,12-13,17-18H2,1-3H3,(H,29,34)/t28-/m0/s1. The van der Waals surface area contributed by atoms with E-state index in [1.807, 2.05) is 51.1 Å². The summed E-state index contributed by atoms with van der Waals surface area (Å²) in [5.41, 5.74) is 1.53. The van der Waals surface area contributed by atoms with Crippen LogP contribution in [0.25, 0.3) is 0 Å². The van der Waals surface area contributed by atoms with Gasteiger partial charge in [-0.15, -0.1) is 0 Å². The van der Waals surface area contributed by atoms with Crippen LogP contribution in [0.3, 0.4) is 0 Å². The van der Waals surface area contributed by atoms with Crippen molar-refractivity contribution in [3.05, 3.63) is 47.3 Å². The molecule has 2 fully saturated rings. The van der Waals surface area contributed by atoms with Gasteiger partial charge in [0, 0.05) is 18.5 Å². The number of nitrogens with one attached hydrogen (secondary N) is 1. The van der Waals surface area contributed by atoms with Crippen molar-refractivity contribution in [3.63, 3.8) is 0 Å². The van der Waals surface area contributed by atoms with Crippen LogP contribution in [0.15, 0.2) is 30.3 Å². The minimum absolute atomic E-state index is 0.0772. The summed E-state index contributed by atoms with van der Waals surface area (Å²) in [6.45, 7) is 6.62. The molecule has 0 saturated heterocycles. The van der Waals surface area contributed by atoms with Crippen molar-refractivity contribution in [1.82, 2.24) is 20.0 Å². The van der Waals surface area contributed by atoms with Gasteiger partial charge in [0.1, 0.15) is 17.0 Å². The van der Waals surface area contributed by atoms with E-state index in [9.17, 15) is 9.59 Å². The van der Waals surface area contributed by atoms with Gasteiger partial charge in [-0.25, -0.2) is 0 Å². The van der Waals surface area contributed by atoms with Gasteiger partial charge < -0.3 is 15.0 Å². The van der Waals surface area contributed by atoms with Gasteiger partial charge in [-0.3, -0.25) is 14.3 Å². The maximum absolute atomic E-state index is 13.8. The van der Waals surface area contributed by atoms with Gasteiger partial charge in [0.05, 0.1) is 18.3 Å². The van der Waals surface area contributed by atoms with Crippen molar-refractivity contribution < 1.29 is 14.3 Å². The monoisotopic (exact) mass is 478 g/mol. The number of hydrogen-bond acceptors (Lipinski definition) is 4. The lowest BCUT2D eigenvalue weighted by Crippen LogP contribution is -2.64. The number of carbonyl (C=O) groups excluding carboxylic acids is 2. The minimum Gasteiger partial charge on any atom is -0.491 e. The summed E-state index contributed by atoms with van der Waals surface area (Å²) >= 11 is 0. The Morgan fingerprint density at radius 1 is 1.11 bits per heavy atom. The Bertz CT molecular complexity index is 1060. The van der Waals surface area contributed by atoms with Crippen LogP contribution in [0, 0.1) is 0 Å². The van der Waals surface area contributed by atoms with Gasteiger partial charge in [-0.2, -0.15) is 5.10 Å². The van der Waals surface area contributed by atoms with Gasteiger partial charge in [-0.05, 0) is 70.2 Å². The zero-order valence-electron chi connectivity index (χ0n) is 21.3. The lowest BCUT2D eigenvalue weighted by Gasteiger charge is -2.44. The molecule has 7 heteroatoms. The molecule has 0 unspecified atom stereocenters. The first-order chi connectivity index (χ1) is 16.8. The Morgan fingerprint density at radius 2 is 1.80 bits per heavy atom. The van der Waals surface area contributed by atoms with Crippen LogP contribution in [0.4, 0.5) is 0 Å². The Hall–Kier alpha value is -2.83. The molecule has 2 heterocycles. The van der Waals surface area contributed by atoms with Crippen molar-refractivity contribution in [2.45, 2.75) is 109 Å². The number of amides is 2. The van der Waals surface area contributed by atoms with Crippen LogP contribution >= 0.6 is 0 Å². The molecule has 1 aromatic heterocycles. The second-order valence-electron chi connectivity index (χ2n) is 11.0. The number of fused-ring (bicyclic) bond motifs is 1. The molecule has 7 nitrogen and oxygen atoms in total. The van der Waals surface area contributed by atoms with Gasteiger partial charge in [0.2, 0.25) is 5.91 Å². The third-order valence-electron chi connectivity index (χ3n) is 7.63. The Morgan fingerprint density at radius 3 is 2.43 bits per heavy atom. The molecule has 1 N–H and O–H groups in total. The second kappa shape index (κ2) is 9.67. The molecule has 0 bridgehead atoms. The van der Waals surface area contributed by atoms with E-state index >= 15 is 0 Å². The van der Waals surface area contributed by atoms with E-state index in [-0.39, 0.29) is 24.0 Å². The highest BCUT2D eigenvalue weighted by molar-refractivity contribution is 5.99. The number of ether oxygens (including phenoxy) is 1. The van der Waals surface area contributed by atoms with Crippen LogP contribution in [0.2, 0.25) is 0 Å². The average Bonchev–Trinajstić information content (AvgIpc) is 3.62. The summed E-state index contributed by atoms with van der Waals surface area (Å²) < 4.78 is 7.55. The van der Waals surface area contributed by atoms with Crippen LogP contribution in [0.1, 0.15) is 99.8 Å². The van der Waals surface area contributed by atoms with Crippen molar-refractivity contribution >= 4 is 11.8 Å². The highest BCUT2D eigenvalue weighted by Crippen LogP contribution is 2.41. The van der Waals surface area contributed by atoms with E-state index in [1.54, 1.807) is 9.58 Å². The quantitative estimate of drug-likeness (QED) is 0.580. The van der Waals surface area contributed by atoms with Crippen LogP contribution < -0.4 is 10.1 Å². The molecule has 2 aliphatic carbocycles. The minimum atomic E-state index is -1.02. The maximum atomic E-state index is 13.8. The first-order valence-corrected chi connectivity index (χ1v) is 13.3. The summed E-state index contributed by atoms with van der Waals surface area (Å²) in [5, 5.41) is 8.07. The van der Waals surface area contributed by atoms with Crippen molar-refractivity contribution in [1.29, 1.82) is 0 Å². The van der Waals surface area contributed by atoms with E-state index in [0.29, 0.717) is 24.7 Å². The normalized spacial score (nSPS) is 23.2. The molecule has 2 amide bonds. The summed E-state index contributed by atoms with van der Waals surface area (Å²) in [5.74, 6) is 1.05. The number of nitrogens with zero attached hydrogens (tertiary/aromatic N) is 3. The molecule has 0 spiro atoms. The van der Waals surface area contributed by atoms with Gasteiger partial charge >= 0.3 is 0 Å². The lowest BCUT2D eigenvalue weighted by atomic mass is 9.93. The molecule has 35 heavy (non-hydrogen) atoms. The molecular formula is C28H38N4O3. The van der Waals surface area contributed by atoms with Gasteiger partial charge in [0.15, 0.2) is 0 Å². The number of carbonyl (C=O) groups is 2. The largest absolute Gasteiger partial charge is 0.491 e. The summed E-state index contributed by atoms with van der Waals surface area (Å²) in [4.78, 5) is 29.4. The molecule has 1 aliphatic heterocycles. The molecule has 1 aromatic carbocycles. The van der Waals surface area contributed by atoms with Gasteiger partial charge in [0.25, 0.3) is 5.91 Å². The number of hydrogen-bond donors (Lipinski definition) is 1. The zero-order chi connectivity index (χ0) is 24.6. The molecule has 5 rings (SSSR count). The summed E-state index contributed by atoms with van der Waals surface area (Å²) in [6.07, 6.45) is 9.10. The highest BCUT2D eigenvalue weighted by atomic mass is 16.5. The highest BCUT2D eigenvalue weighted by Gasteiger charge is 2.48. The van der Waals surface area contributed by atoms with Gasteiger partial charge in [-0.1, -0.05) is 37.8 Å². The van der Waals surface area contributed by atoms with E-state index < -0.39 is 5.54 Å². The van der Waals surface area contributed by atoms with E-state index in [2.05, 4.69) is 5.32 Å². The second-order valence-corrected chi connectivity index (χ2v) is 11.0. The van der Waals surface area contributed by atoms with Crippen LogP contribution in [-0.2, 0) is 17.9 Å².